The lowest BCUT2D eigenvalue weighted by molar-refractivity contribution is -0.143. The topological polar surface area (TPSA) is 54.5 Å². The predicted molar refractivity (Wildman–Crippen MR) is 76.4 cm³/mol. The van der Waals surface area contributed by atoms with Crippen LogP contribution in [0.15, 0.2) is 24.4 Å². The van der Waals surface area contributed by atoms with Crippen LogP contribution in [0, 0.1) is 24.2 Å². The molecular formula is C16H18N2O2. The first-order valence-electron chi connectivity index (χ1n) is 6.67. The smallest absolute Gasteiger partial charge is 0.311 e. The van der Waals surface area contributed by atoms with Crippen LogP contribution in [0.2, 0.25) is 0 Å². The molecule has 104 valence electrons. The van der Waals surface area contributed by atoms with Gasteiger partial charge in [-0.15, -0.1) is 0 Å². The molecule has 20 heavy (non-hydrogen) atoms. The third-order valence-electron chi connectivity index (χ3n) is 3.11. The number of hydrogen-bond acceptors (Lipinski definition) is 3. The molecule has 2 heterocycles. The van der Waals surface area contributed by atoms with E-state index in [0.29, 0.717) is 18.1 Å². The summed E-state index contributed by atoms with van der Waals surface area (Å²) in [6.45, 7) is 6.41. The molecule has 2 rings (SSSR count). The summed E-state index contributed by atoms with van der Waals surface area (Å²) >= 11 is 0. The van der Waals surface area contributed by atoms with Gasteiger partial charge in [-0.05, 0) is 36.6 Å². The largest absolute Gasteiger partial charge is 0.465 e. The van der Waals surface area contributed by atoms with Crippen molar-refractivity contribution in [3.8, 4) is 6.07 Å². The summed E-state index contributed by atoms with van der Waals surface area (Å²) in [4.78, 5) is 11.9. The van der Waals surface area contributed by atoms with E-state index < -0.39 is 0 Å². The molecule has 0 amide bonds. The van der Waals surface area contributed by atoms with Gasteiger partial charge in [-0.2, -0.15) is 5.26 Å². The van der Waals surface area contributed by atoms with E-state index in [1.807, 2.05) is 37.3 Å². The molecule has 2 aromatic heterocycles. The molecule has 0 unspecified atom stereocenters. The standard InChI is InChI=1S/C16H18N2O2/c1-11(2)10-20-16(19)7-15-12(3)6-14-5-4-13(8-17)9-18(14)15/h4-6,9,11H,7,10H2,1-3H3. The highest BCUT2D eigenvalue weighted by atomic mass is 16.5. The molecule has 0 saturated carbocycles. The highest BCUT2D eigenvalue weighted by molar-refractivity contribution is 5.73. The summed E-state index contributed by atoms with van der Waals surface area (Å²) in [6, 6.07) is 7.78. The van der Waals surface area contributed by atoms with Gasteiger partial charge in [0.05, 0.1) is 18.6 Å². The maximum absolute atomic E-state index is 11.9. The van der Waals surface area contributed by atoms with Crippen LogP contribution < -0.4 is 0 Å². The summed E-state index contributed by atoms with van der Waals surface area (Å²) in [5.74, 6) is 0.0958. The van der Waals surface area contributed by atoms with Crippen molar-refractivity contribution in [3.63, 3.8) is 0 Å². The number of esters is 1. The van der Waals surface area contributed by atoms with E-state index in [9.17, 15) is 4.79 Å². The number of aryl methyl sites for hydroxylation is 1. The van der Waals surface area contributed by atoms with Gasteiger partial charge in [0.25, 0.3) is 0 Å². The van der Waals surface area contributed by atoms with Crippen molar-refractivity contribution in [2.45, 2.75) is 27.2 Å². The molecule has 0 aromatic carbocycles. The number of hydrogen-bond donors (Lipinski definition) is 0. The number of carbonyl (C=O) groups excluding carboxylic acids is 1. The zero-order chi connectivity index (χ0) is 14.7. The average molecular weight is 270 g/mol. The van der Waals surface area contributed by atoms with E-state index >= 15 is 0 Å². The Balaban J connectivity index is 2.27. The van der Waals surface area contributed by atoms with E-state index in [1.54, 1.807) is 12.3 Å². The Morgan fingerprint density at radius 3 is 2.85 bits per heavy atom. The molecule has 0 aliphatic carbocycles. The Bertz CT molecular complexity index is 678. The van der Waals surface area contributed by atoms with E-state index in [2.05, 4.69) is 6.07 Å². The second-order valence-electron chi connectivity index (χ2n) is 5.35. The molecule has 2 aromatic rings. The van der Waals surface area contributed by atoms with Gasteiger partial charge in [-0.25, -0.2) is 0 Å². The number of fused-ring (bicyclic) bond motifs is 1. The van der Waals surface area contributed by atoms with Crippen LogP contribution in [0.4, 0.5) is 0 Å². The monoisotopic (exact) mass is 270 g/mol. The second-order valence-corrected chi connectivity index (χ2v) is 5.35. The molecule has 0 fully saturated rings. The fourth-order valence-electron chi connectivity index (χ4n) is 2.10. The number of nitriles is 1. The van der Waals surface area contributed by atoms with Gasteiger partial charge in [0.15, 0.2) is 0 Å². The van der Waals surface area contributed by atoms with Crippen LogP contribution in [0.25, 0.3) is 5.52 Å². The summed E-state index contributed by atoms with van der Waals surface area (Å²) in [6.07, 6.45) is 1.98. The zero-order valence-electron chi connectivity index (χ0n) is 12.0. The molecule has 0 N–H and O–H groups in total. The number of nitrogens with zero attached hydrogens (tertiary/aromatic N) is 2. The van der Waals surface area contributed by atoms with Crippen LogP contribution in [-0.4, -0.2) is 17.0 Å². The number of ether oxygens (including phenoxy) is 1. The molecular weight excluding hydrogens is 252 g/mol. The average Bonchev–Trinajstić information content (AvgIpc) is 2.72. The molecule has 0 atom stereocenters. The number of carbonyl (C=O) groups is 1. The number of pyridine rings is 1. The number of rotatable bonds is 4. The van der Waals surface area contributed by atoms with Crippen molar-refractivity contribution in [2.24, 2.45) is 5.92 Å². The fraction of sp³-hybridized carbons (Fsp3) is 0.375. The molecule has 0 aliphatic heterocycles. The predicted octanol–water partition coefficient (Wildman–Crippen LogP) is 2.86. The van der Waals surface area contributed by atoms with Crippen molar-refractivity contribution >= 4 is 11.5 Å². The highest BCUT2D eigenvalue weighted by Crippen LogP contribution is 2.18. The van der Waals surface area contributed by atoms with Gasteiger partial charge in [0.1, 0.15) is 6.07 Å². The molecule has 0 spiro atoms. The molecule has 4 nitrogen and oxygen atoms in total. The van der Waals surface area contributed by atoms with Gasteiger partial charge in [0.2, 0.25) is 0 Å². The minimum atomic E-state index is -0.232. The van der Waals surface area contributed by atoms with Gasteiger partial charge in [0, 0.05) is 17.4 Å². The molecule has 0 saturated heterocycles. The van der Waals surface area contributed by atoms with Crippen molar-refractivity contribution in [1.82, 2.24) is 4.40 Å². The van der Waals surface area contributed by atoms with Crippen molar-refractivity contribution in [1.29, 1.82) is 5.26 Å². The first kappa shape index (κ1) is 14.1. The van der Waals surface area contributed by atoms with Crippen molar-refractivity contribution in [2.75, 3.05) is 6.61 Å². The van der Waals surface area contributed by atoms with Gasteiger partial charge in [-0.3, -0.25) is 4.79 Å². The zero-order valence-corrected chi connectivity index (χ0v) is 12.0. The normalized spacial score (nSPS) is 10.8. The SMILES string of the molecule is Cc1cc2ccc(C#N)cn2c1CC(=O)OCC(C)C. The van der Waals surface area contributed by atoms with Crippen LogP contribution in [-0.2, 0) is 16.0 Å². The lowest BCUT2D eigenvalue weighted by Crippen LogP contribution is -2.13. The minimum absolute atomic E-state index is 0.224. The van der Waals surface area contributed by atoms with Gasteiger partial charge in [-0.1, -0.05) is 13.8 Å². The van der Waals surface area contributed by atoms with Gasteiger partial charge >= 0.3 is 5.97 Å². The van der Waals surface area contributed by atoms with E-state index in [1.165, 1.54) is 0 Å². The lowest BCUT2D eigenvalue weighted by atomic mass is 10.2. The fourth-order valence-corrected chi connectivity index (χ4v) is 2.10. The lowest BCUT2D eigenvalue weighted by Gasteiger charge is -2.08. The summed E-state index contributed by atoms with van der Waals surface area (Å²) in [5, 5.41) is 8.97. The Kier molecular flexibility index (Phi) is 4.09. The summed E-state index contributed by atoms with van der Waals surface area (Å²) < 4.78 is 7.11. The molecule has 4 heteroatoms. The van der Waals surface area contributed by atoms with Crippen LogP contribution in [0.3, 0.4) is 0 Å². The minimum Gasteiger partial charge on any atom is -0.465 e. The van der Waals surface area contributed by atoms with E-state index in [0.717, 1.165) is 16.8 Å². The van der Waals surface area contributed by atoms with Crippen molar-refractivity contribution in [3.05, 3.63) is 41.2 Å². The third kappa shape index (κ3) is 3.00. The Morgan fingerprint density at radius 1 is 1.45 bits per heavy atom. The summed E-state index contributed by atoms with van der Waals surface area (Å²) in [7, 11) is 0. The molecule has 0 radical (unpaired) electrons. The quantitative estimate of drug-likeness (QED) is 0.803. The van der Waals surface area contributed by atoms with E-state index in [4.69, 9.17) is 10.00 Å². The Morgan fingerprint density at radius 2 is 2.20 bits per heavy atom. The Hall–Kier alpha value is -2.28. The summed E-state index contributed by atoms with van der Waals surface area (Å²) in [5.41, 5.74) is 3.46. The van der Waals surface area contributed by atoms with Crippen LogP contribution in [0.1, 0.15) is 30.7 Å². The van der Waals surface area contributed by atoms with Crippen LogP contribution in [0.5, 0.6) is 0 Å². The Labute approximate surface area is 118 Å². The van der Waals surface area contributed by atoms with Crippen LogP contribution >= 0.6 is 0 Å². The number of aromatic nitrogens is 1. The third-order valence-corrected chi connectivity index (χ3v) is 3.11. The second kappa shape index (κ2) is 5.79. The highest BCUT2D eigenvalue weighted by Gasteiger charge is 2.13. The first-order valence-corrected chi connectivity index (χ1v) is 6.67. The van der Waals surface area contributed by atoms with Gasteiger partial charge < -0.3 is 9.14 Å². The molecule has 0 bridgehead atoms. The maximum Gasteiger partial charge on any atom is 0.311 e. The van der Waals surface area contributed by atoms with E-state index in [-0.39, 0.29) is 12.4 Å². The first-order chi connectivity index (χ1) is 9.51. The van der Waals surface area contributed by atoms with Crippen molar-refractivity contribution < 1.29 is 9.53 Å². The molecule has 0 aliphatic rings. The maximum atomic E-state index is 11.9.